The molecule has 82 valence electrons. The van der Waals surface area contributed by atoms with Crippen molar-refractivity contribution in [3.63, 3.8) is 0 Å². The summed E-state index contributed by atoms with van der Waals surface area (Å²) in [6.07, 6.45) is 0. The zero-order valence-electron chi connectivity index (χ0n) is 9.79. The van der Waals surface area contributed by atoms with Crippen molar-refractivity contribution in [2.75, 3.05) is 26.2 Å². The smallest absolute Gasteiger partial charge is 0.0545 e. The van der Waals surface area contributed by atoms with Gasteiger partial charge in [-0.1, -0.05) is 6.07 Å². The topological polar surface area (TPSA) is 49.0 Å². The minimum Gasteiger partial charge on any atom is -0.314 e. The van der Waals surface area contributed by atoms with E-state index in [0.29, 0.717) is 13.1 Å². The highest BCUT2D eigenvalue weighted by Crippen LogP contribution is 1.99. The molecule has 2 rings (SSSR count). The van der Waals surface area contributed by atoms with Gasteiger partial charge in [0.25, 0.3) is 0 Å². The maximum Gasteiger partial charge on any atom is 0.0545 e. The first-order chi connectivity index (χ1) is 7.84. The van der Waals surface area contributed by atoms with Gasteiger partial charge < -0.3 is 16.0 Å². The van der Waals surface area contributed by atoms with Crippen LogP contribution in [0, 0.1) is 0 Å². The van der Waals surface area contributed by atoms with Gasteiger partial charge in [0, 0.05) is 40.6 Å². The van der Waals surface area contributed by atoms with Crippen LogP contribution in [0.15, 0.2) is 18.2 Å². The second kappa shape index (κ2) is 5.80. The molecule has 0 saturated carbocycles. The van der Waals surface area contributed by atoms with Gasteiger partial charge in [-0.25, -0.2) is 0 Å². The van der Waals surface area contributed by atoms with Gasteiger partial charge in [0.05, 0.1) is 11.4 Å². The van der Waals surface area contributed by atoms with Crippen LogP contribution in [-0.2, 0) is 13.1 Å². The predicted molar refractivity (Wildman–Crippen MR) is 60.5 cm³/mol. The van der Waals surface area contributed by atoms with E-state index in [1.54, 1.807) is 0 Å². The second-order valence-electron chi connectivity index (χ2n) is 3.59. The van der Waals surface area contributed by atoms with Crippen LogP contribution in [-0.4, -0.2) is 31.1 Å². The van der Waals surface area contributed by atoms with E-state index >= 15 is 0 Å². The molecule has 15 heavy (non-hydrogen) atoms. The number of hydrogen-bond acceptors (Lipinski definition) is 4. The highest BCUT2D eigenvalue weighted by Gasteiger charge is 1.99. The van der Waals surface area contributed by atoms with E-state index in [2.05, 4.69) is 20.9 Å². The van der Waals surface area contributed by atoms with Gasteiger partial charge >= 0.3 is 0 Å². The Bertz CT molecular complexity index is 332. The van der Waals surface area contributed by atoms with E-state index in [1.165, 1.54) is 0 Å². The van der Waals surface area contributed by atoms with Crippen molar-refractivity contribution in [3.8, 4) is 0 Å². The maximum atomic E-state index is 7.75. The fraction of sp³-hybridized carbons (Fsp3) is 0.545. The standard InChI is InChI=1S/C11H18N4/c1-2-10-8-13-6-4-12-5-7-14-9-11(3-1)15-10/h1-3,12-14H,4-9H2/i6D. The molecule has 1 atom stereocenters. The third kappa shape index (κ3) is 3.58. The quantitative estimate of drug-likeness (QED) is 0.554. The summed E-state index contributed by atoms with van der Waals surface area (Å²) >= 11 is 0. The molecule has 0 aromatic carbocycles. The fourth-order valence-corrected chi connectivity index (χ4v) is 1.54. The summed E-state index contributed by atoms with van der Waals surface area (Å²) in [4.78, 5) is 4.51. The molecule has 2 bridgehead atoms. The summed E-state index contributed by atoms with van der Waals surface area (Å²) in [7, 11) is 0. The van der Waals surface area contributed by atoms with Crippen LogP contribution in [0.5, 0.6) is 0 Å². The highest BCUT2D eigenvalue weighted by atomic mass is 15.0. The Labute approximate surface area is 91.9 Å². The molecule has 0 amide bonds. The average Bonchev–Trinajstić information content (AvgIpc) is 2.30. The summed E-state index contributed by atoms with van der Waals surface area (Å²) < 4.78 is 7.75. The molecule has 3 N–H and O–H groups in total. The van der Waals surface area contributed by atoms with Gasteiger partial charge in [-0.3, -0.25) is 4.98 Å². The molecule has 1 aromatic heterocycles. The molecule has 1 aliphatic heterocycles. The molecule has 1 aliphatic rings. The lowest BCUT2D eigenvalue weighted by atomic mass is 10.3. The van der Waals surface area contributed by atoms with Gasteiger partial charge in [-0.15, -0.1) is 0 Å². The lowest BCUT2D eigenvalue weighted by Crippen LogP contribution is -2.33. The molecular formula is C11H18N4. The molecule has 0 spiro atoms. The van der Waals surface area contributed by atoms with Gasteiger partial charge in [0.2, 0.25) is 0 Å². The lowest BCUT2D eigenvalue weighted by molar-refractivity contribution is 0.565. The van der Waals surface area contributed by atoms with Crippen molar-refractivity contribution in [3.05, 3.63) is 29.6 Å². The lowest BCUT2D eigenvalue weighted by Gasteiger charge is -2.11. The van der Waals surface area contributed by atoms with E-state index in [9.17, 15) is 0 Å². The maximum absolute atomic E-state index is 7.75. The molecule has 2 heterocycles. The molecule has 4 nitrogen and oxygen atoms in total. The highest BCUT2D eigenvalue weighted by molar-refractivity contribution is 5.11. The number of nitrogens with one attached hydrogen (secondary N) is 3. The Balaban J connectivity index is 2.04. The van der Waals surface area contributed by atoms with E-state index in [0.717, 1.165) is 31.0 Å². The summed E-state index contributed by atoms with van der Waals surface area (Å²) in [5.74, 6) is 0. The van der Waals surface area contributed by atoms with Crippen molar-refractivity contribution in [1.29, 1.82) is 0 Å². The average molecular weight is 207 g/mol. The molecule has 4 heteroatoms. The molecule has 0 radical (unpaired) electrons. The Kier molecular flexibility index (Phi) is 3.58. The Morgan fingerprint density at radius 1 is 1.00 bits per heavy atom. The monoisotopic (exact) mass is 207 g/mol. The van der Waals surface area contributed by atoms with Crippen LogP contribution >= 0.6 is 0 Å². The first-order valence-electron chi connectivity index (χ1n) is 5.94. The number of aromatic nitrogens is 1. The molecule has 0 fully saturated rings. The number of rotatable bonds is 0. The summed E-state index contributed by atoms with van der Waals surface area (Å²) in [5.41, 5.74) is 2.05. The van der Waals surface area contributed by atoms with Crippen LogP contribution in [0.25, 0.3) is 0 Å². The van der Waals surface area contributed by atoms with Crippen LogP contribution < -0.4 is 16.0 Å². The Morgan fingerprint density at radius 2 is 1.73 bits per heavy atom. The van der Waals surface area contributed by atoms with E-state index < -0.39 is 0 Å². The molecule has 1 unspecified atom stereocenters. The van der Waals surface area contributed by atoms with Gasteiger partial charge in [0.15, 0.2) is 0 Å². The Hall–Kier alpha value is -0.970. The number of pyridine rings is 1. The number of fused-ring (bicyclic) bond motifs is 2. The van der Waals surface area contributed by atoms with Gasteiger partial charge in [-0.05, 0) is 12.1 Å². The third-order valence-electron chi connectivity index (χ3n) is 2.32. The fourth-order valence-electron chi connectivity index (χ4n) is 1.54. The summed E-state index contributed by atoms with van der Waals surface area (Å²) in [6.45, 7) is 3.64. The summed E-state index contributed by atoms with van der Waals surface area (Å²) in [5, 5.41) is 9.68. The molecule has 0 aliphatic carbocycles. The zero-order valence-corrected chi connectivity index (χ0v) is 8.79. The first kappa shape index (κ1) is 9.27. The molecule has 1 aromatic rings. The second-order valence-corrected chi connectivity index (χ2v) is 3.59. The minimum absolute atomic E-state index is 0.273. The normalized spacial score (nSPS) is 24.8. The van der Waals surface area contributed by atoms with Crippen LogP contribution in [0.2, 0.25) is 0 Å². The van der Waals surface area contributed by atoms with E-state index in [1.807, 2.05) is 18.2 Å². The predicted octanol–water partition coefficient (Wildman–Crippen LogP) is -0.136. The van der Waals surface area contributed by atoms with Crippen LogP contribution in [0.1, 0.15) is 12.8 Å². The third-order valence-corrected chi connectivity index (χ3v) is 2.32. The Morgan fingerprint density at radius 3 is 2.60 bits per heavy atom. The molecular weight excluding hydrogens is 188 g/mol. The SMILES string of the molecule is [2H]C1CNCCNCc2cccc(n2)CN1. The van der Waals surface area contributed by atoms with Crippen molar-refractivity contribution < 1.29 is 1.37 Å². The number of nitrogens with zero attached hydrogens (tertiary/aromatic N) is 1. The largest absolute Gasteiger partial charge is 0.314 e. The van der Waals surface area contributed by atoms with Crippen molar-refractivity contribution >= 4 is 0 Å². The van der Waals surface area contributed by atoms with Gasteiger partial charge in [0.1, 0.15) is 0 Å². The van der Waals surface area contributed by atoms with Crippen molar-refractivity contribution in [2.24, 2.45) is 0 Å². The summed E-state index contributed by atoms with van der Waals surface area (Å²) in [6, 6.07) is 6.03. The van der Waals surface area contributed by atoms with Crippen molar-refractivity contribution in [1.82, 2.24) is 20.9 Å². The minimum atomic E-state index is -0.273. The van der Waals surface area contributed by atoms with E-state index in [-0.39, 0.29) is 6.52 Å². The first-order valence-corrected chi connectivity index (χ1v) is 5.36. The van der Waals surface area contributed by atoms with E-state index in [4.69, 9.17) is 1.37 Å². The van der Waals surface area contributed by atoms with Crippen LogP contribution in [0.4, 0.5) is 0 Å². The molecule has 0 saturated heterocycles. The zero-order chi connectivity index (χ0) is 11.2. The van der Waals surface area contributed by atoms with Crippen LogP contribution in [0.3, 0.4) is 0 Å². The van der Waals surface area contributed by atoms with Crippen molar-refractivity contribution in [2.45, 2.75) is 13.1 Å². The van der Waals surface area contributed by atoms with Gasteiger partial charge in [-0.2, -0.15) is 0 Å². The number of hydrogen-bond donors (Lipinski definition) is 3.